The average molecular weight is 153 g/mol. The molecule has 64 valence electrons. The van der Waals surface area contributed by atoms with Gasteiger partial charge < -0.3 is 4.90 Å². The SMILES string of the molecule is C=C1C(CCCC)CCN1C. The van der Waals surface area contributed by atoms with Crippen LogP contribution >= 0.6 is 0 Å². The lowest BCUT2D eigenvalue weighted by atomic mass is 9.99. The molecular weight excluding hydrogens is 134 g/mol. The molecule has 0 bridgehead atoms. The van der Waals surface area contributed by atoms with Crippen LogP contribution in [0.5, 0.6) is 0 Å². The van der Waals surface area contributed by atoms with Gasteiger partial charge >= 0.3 is 0 Å². The van der Waals surface area contributed by atoms with Crippen LogP contribution in [0.3, 0.4) is 0 Å². The topological polar surface area (TPSA) is 3.24 Å². The minimum absolute atomic E-state index is 0.792. The van der Waals surface area contributed by atoms with Crippen LogP contribution in [-0.4, -0.2) is 18.5 Å². The normalized spacial score (nSPS) is 24.7. The molecule has 1 heterocycles. The van der Waals surface area contributed by atoms with Crippen molar-refractivity contribution in [3.8, 4) is 0 Å². The highest BCUT2D eigenvalue weighted by Crippen LogP contribution is 2.28. The predicted molar refractivity (Wildman–Crippen MR) is 49.4 cm³/mol. The first-order chi connectivity index (χ1) is 5.25. The summed E-state index contributed by atoms with van der Waals surface area (Å²) in [6.45, 7) is 7.56. The molecule has 0 aromatic rings. The number of likely N-dealkylation sites (tertiary alicyclic amines) is 1. The third-order valence-electron chi connectivity index (χ3n) is 2.68. The Morgan fingerprint density at radius 2 is 2.36 bits per heavy atom. The van der Waals surface area contributed by atoms with E-state index in [9.17, 15) is 0 Å². The standard InChI is InChI=1S/C10H19N/c1-4-5-6-10-7-8-11(3)9(10)2/h10H,2,4-8H2,1,3H3. The van der Waals surface area contributed by atoms with Crippen molar-refractivity contribution in [3.05, 3.63) is 12.3 Å². The number of allylic oxidation sites excluding steroid dienone is 1. The van der Waals surface area contributed by atoms with E-state index in [0.717, 1.165) is 5.92 Å². The number of nitrogens with zero attached hydrogens (tertiary/aromatic N) is 1. The lowest BCUT2D eigenvalue weighted by Crippen LogP contribution is -2.10. The Labute approximate surface area is 70.1 Å². The minimum Gasteiger partial charge on any atom is -0.378 e. The van der Waals surface area contributed by atoms with Gasteiger partial charge in [0.1, 0.15) is 0 Å². The third-order valence-corrected chi connectivity index (χ3v) is 2.68. The Morgan fingerprint density at radius 1 is 1.64 bits per heavy atom. The van der Waals surface area contributed by atoms with Gasteiger partial charge in [-0.25, -0.2) is 0 Å². The highest BCUT2D eigenvalue weighted by molar-refractivity contribution is 5.04. The monoisotopic (exact) mass is 153 g/mol. The summed E-state index contributed by atoms with van der Waals surface area (Å²) in [5.41, 5.74) is 1.36. The first-order valence-electron chi connectivity index (χ1n) is 4.65. The van der Waals surface area contributed by atoms with Gasteiger partial charge in [0.2, 0.25) is 0 Å². The Balaban J connectivity index is 2.30. The van der Waals surface area contributed by atoms with Crippen molar-refractivity contribution >= 4 is 0 Å². The van der Waals surface area contributed by atoms with Crippen LogP contribution in [0.1, 0.15) is 32.6 Å². The van der Waals surface area contributed by atoms with Crippen LogP contribution in [0.15, 0.2) is 12.3 Å². The van der Waals surface area contributed by atoms with Gasteiger partial charge in [-0.3, -0.25) is 0 Å². The smallest absolute Gasteiger partial charge is 0.0178 e. The summed E-state index contributed by atoms with van der Waals surface area (Å²) in [7, 11) is 2.15. The van der Waals surface area contributed by atoms with Crippen LogP contribution in [0.4, 0.5) is 0 Å². The molecule has 11 heavy (non-hydrogen) atoms. The predicted octanol–water partition coefficient (Wildman–Crippen LogP) is 2.64. The van der Waals surface area contributed by atoms with E-state index < -0.39 is 0 Å². The maximum atomic E-state index is 4.10. The minimum atomic E-state index is 0.792. The molecular formula is C10H19N. The molecule has 0 radical (unpaired) electrons. The molecule has 0 spiro atoms. The van der Waals surface area contributed by atoms with Gasteiger partial charge in [-0.05, 0) is 18.8 Å². The van der Waals surface area contributed by atoms with Crippen molar-refractivity contribution in [2.75, 3.05) is 13.6 Å². The van der Waals surface area contributed by atoms with Crippen molar-refractivity contribution in [3.63, 3.8) is 0 Å². The molecule has 1 unspecified atom stereocenters. The highest BCUT2D eigenvalue weighted by atomic mass is 15.1. The van der Waals surface area contributed by atoms with Crippen molar-refractivity contribution in [2.45, 2.75) is 32.6 Å². The number of hydrogen-bond donors (Lipinski definition) is 0. The fourth-order valence-corrected chi connectivity index (χ4v) is 1.73. The number of unbranched alkanes of at least 4 members (excludes halogenated alkanes) is 1. The molecule has 1 saturated heterocycles. The van der Waals surface area contributed by atoms with E-state index in [-0.39, 0.29) is 0 Å². The van der Waals surface area contributed by atoms with Gasteiger partial charge in [0.15, 0.2) is 0 Å². The van der Waals surface area contributed by atoms with Gasteiger partial charge in [0.25, 0.3) is 0 Å². The maximum absolute atomic E-state index is 4.10. The lowest BCUT2D eigenvalue weighted by Gasteiger charge is -2.14. The summed E-state index contributed by atoms with van der Waals surface area (Å²) in [6.07, 6.45) is 5.35. The fourth-order valence-electron chi connectivity index (χ4n) is 1.73. The zero-order valence-electron chi connectivity index (χ0n) is 7.77. The van der Waals surface area contributed by atoms with E-state index in [1.165, 1.54) is 37.9 Å². The third kappa shape index (κ3) is 1.98. The van der Waals surface area contributed by atoms with Crippen LogP contribution < -0.4 is 0 Å². The molecule has 1 heteroatoms. The molecule has 0 aromatic carbocycles. The molecule has 0 amide bonds. The van der Waals surface area contributed by atoms with Gasteiger partial charge in [0, 0.05) is 19.3 Å². The Kier molecular flexibility index (Phi) is 2.98. The second-order valence-corrected chi connectivity index (χ2v) is 3.54. The van der Waals surface area contributed by atoms with Crippen LogP contribution in [-0.2, 0) is 0 Å². The zero-order chi connectivity index (χ0) is 8.27. The Bertz CT molecular complexity index is 140. The van der Waals surface area contributed by atoms with E-state index in [2.05, 4.69) is 25.5 Å². The summed E-state index contributed by atoms with van der Waals surface area (Å²) < 4.78 is 0. The van der Waals surface area contributed by atoms with Crippen molar-refractivity contribution in [1.29, 1.82) is 0 Å². The van der Waals surface area contributed by atoms with Gasteiger partial charge in [-0.15, -0.1) is 0 Å². The van der Waals surface area contributed by atoms with E-state index in [1.807, 2.05) is 0 Å². The van der Waals surface area contributed by atoms with Crippen LogP contribution in [0.25, 0.3) is 0 Å². The zero-order valence-corrected chi connectivity index (χ0v) is 7.77. The van der Waals surface area contributed by atoms with Crippen molar-refractivity contribution in [2.24, 2.45) is 5.92 Å². The van der Waals surface area contributed by atoms with E-state index >= 15 is 0 Å². The summed E-state index contributed by atoms with van der Waals surface area (Å²) in [5, 5.41) is 0. The van der Waals surface area contributed by atoms with Crippen LogP contribution in [0, 0.1) is 5.92 Å². The Morgan fingerprint density at radius 3 is 2.82 bits per heavy atom. The molecule has 0 N–H and O–H groups in total. The lowest BCUT2D eigenvalue weighted by molar-refractivity contribution is 0.472. The molecule has 0 saturated carbocycles. The second kappa shape index (κ2) is 3.80. The first kappa shape index (κ1) is 8.63. The first-order valence-corrected chi connectivity index (χ1v) is 4.65. The summed E-state index contributed by atoms with van der Waals surface area (Å²) in [4.78, 5) is 2.29. The summed E-state index contributed by atoms with van der Waals surface area (Å²) in [6, 6.07) is 0. The molecule has 1 nitrogen and oxygen atoms in total. The molecule has 0 aliphatic carbocycles. The second-order valence-electron chi connectivity index (χ2n) is 3.54. The van der Waals surface area contributed by atoms with Gasteiger partial charge in [-0.2, -0.15) is 0 Å². The largest absolute Gasteiger partial charge is 0.378 e. The molecule has 1 aliphatic heterocycles. The quantitative estimate of drug-likeness (QED) is 0.602. The summed E-state index contributed by atoms with van der Waals surface area (Å²) >= 11 is 0. The molecule has 1 rings (SSSR count). The highest BCUT2D eigenvalue weighted by Gasteiger charge is 2.22. The van der Waals surface area contributed by atoms with Crippen LogP contribution in [0.2, 0.25) is 0 Å². The summed E-state index contributed by atoms with van der Waals surface area (Å²) in [5.74, 6) is 0.792. The average Bonchev–Trinajstić information content (AvgIpc) is 2.31. The van der Waals surface area contributed by atoms with E-state index in [4.69, 9.17) is 0 Å². The molecule has 1 fully saturated rings. The molecule has 1 atom stereocenters. The van der Waals surface area contributed by atoms with Gasteiger partial charge in [0.05, 0.1) is 0 Å². The number of rotatable bonds is 3. The van der Waals surface area contributed by atoms with Crippen molar-refractivity contribution in [1.82, 2.24) is 4.90 Å². The van der Waals surface area contributed by atoms with E-state index in [0.29, 0.717) is 0 Å². The maximum Gasteiger partial charge on any atom is 0.0178 e. The fraction of sp³-hybridized carbons (Fsp3) is 0.800. The Hall–Kier alpha value is -0.460. The molecule has 1 aliphatic rings. The van der Waals surface area contributed by atoms with Crippen molar-refractivity contribution < 1.29 is 0 Å². The van der Waals surface area contributed by atoms with E-state index in [1.54, 1.807) is 0 Å². The van der Waals surface area contributed by atoms with Gasteiger partial charge in [-0.1, -0.05) is 26.3 Å². The number of hydrogen-bond acceptors (Lipinski definition) is 1. The molecule has 0 aromatic heterocycles.